The zero-order valence-corrected chi connectivity index (χ0v) is 12.7. The summed E-state index contributed by atoms with van der Waals surface area (Å²) in [5, 5.41) is 0. The highest BCUT2D eigenvalue weighted by molar-refractivity contribution is 5.99. The summed E-state index contributed by atoms with van der Waals surface area (Å²) in [5.74, 6) is -0.0585. The van der Waals surface area contributed by atoms with Crippen molar-refractivity contribution in [1.82, 2.24) is 9.88 Å². The van der Waals surface area contributed by atoms with Crippen LogP contribution < -0.4 is 5.73 Å². The topological polar surface area (TPSA) is 59.2 Å². The first kappa shape index (κ1) is 15.0. The Morgan fingerprint density at radius 2 is 2.00 bits per heavy atom. The van der Waals surface area contributed by atoms with Gasteiger partial charge in [0.25, 0.3) is 5.91 Å². The smallest absolute Gasteiger partial charge is 0.256 e. The number of aryl methyl sites for hydroxylation is 1. The molecule has 4 heteroatoms. The lowest BCUT2D eigenvalue weighted by molar-refractivity contribution is 0.0689. The van der Waals surface area contributed by atoms with Crippen molar-refractivity contribution >= 4 is 11.6 Å². The SMILES string of the molecule is Cc1cccc(C(=O)N(Cc2ccccn2)C(C)C)c1N. The van der Waals surface area contributed by atoms with Gasteiger partial charge in [-0.05, 0) is 44.5 Å². The van der Waals surface area contributed by atoms with E-state index in [0.29, 0.717) is 17.8 Å². The molecule has 0 saturated heterocycles. The van der Waals surface area contributed by atoms with Crippen molar-refractivity contribution < 1.29 is 4.79 Å². The lowest BCUT2D eigenvalue weighted by Crippen LogP contribution is -2.37. The van der Waals surface area contributed by atoms with Gasteiger partial charge < -0.3 is 10.6 Å². The maximum Gasteiger partial charge on any atom is 0.256 e. The van der Waals surface area contributed by atoms with Crippen LogP contribution in [0.15, 0.2) is 42.6 Å². The molecule has 0 aliphatic carbocycles. The van der Waals surface area contributed by atoms with E-state index in [2.05, 4.69) is 4.98 Å². The molecule has 0 saturated carbocycles. The van der Waals surface area contributed by atoms with E-state index in [0.717, 1.165) is 11.3 Å². The van der Waals surface area contributed by atoms with E-state index in [4.69, 9.17) is 5.73 Å². The number of aromatic nitrogens is 1. The molecule has 2 aromatic rings. The van der Waals surface area contributed by atoms with Crippen LogP contribution in [0.2, 0.25) is 0 Å². The first-order valence-corrected chi connectivity index (χ1v) is 7.06. The number of hydrogen-bond acceptors (Lipinski definition) is 3. The second-order valence-corrected chi connectivity index (χ2v) is 5.38. The second kappa shape index (κ2) is 6.39. The minimum absolute atomic E-state index is 0.0585. The summed E-state index contributed by atoms with van der Waals surface area (Å²) in [6.45, 7) is 6.37. The molecule has 1 amide bonds. The number of amides is 1. The van der Waals surface area contributed by atoms with E-state index < -0.39 is 0 Å². The number of pyridine rings is 1. The van der Waals surface area contributed by atoms with Crippen LogP contribution in [-0.4, -0.2) is 21.8 Å². The summed E-state index contributed by atoms with van der Waals surface area (Å²) in [6.07, 6.45) is 1.74. The van der Waals surface area contributed by atoms with Crippen molar-refractivity contribution in [3.63, 3.8) is 0 Å². The highest BCUT2D eigenvalue weighted by Crippen LogP contribution is 2.20. The number of benzene rings is 1. The number of nitrogens with zero attached hydrogens (tertiary/aromatic N) is 2. The van der Waals surface area contributed by atoms with Gasteiger partial charge in [0.2, 0.25) is 0 Å². The first-order chi connectivity index (χ1) is 10.0. The van der Waals surface area contributed by atoms with Crippen LogP contribution >= 0.6 is 0 Å². The summed E-state index contributed by atoms with van der Waals surface area (Å²) in [7, 11) is 0. The Hall–Kier alpha value is -2.36. The number of para-hydroxylation sites is 1. The molecule has 110 valence electrons. The molecule has 0 aliphatic heterocycles. The molecule has 2 N–H and O–H groups in total. The maximum absolute atomic E-state index is 12.8. The van der Waals surface area contributed by atoms with Crippen molar-refractivity contribution in [2.45, 2.75) is 33.4 Å². The summed E-state index contributed by atoms with van der Waals surface area (Å²) in [5.41, 5.74) is 8.94. The lowest BCUT2D eigenvalue weighted by Gasteiger charge is -2.27. The van der Waals surface area contributed by atoms with Crippen molar-refractivity contribution in [2.24, 2.45) is 0 Å². The van der Waals surface area contributed by atoms with Crippen molar-refractivity contribution in [1.29, 1.82) is 0 Å². The van der Waals surface area contributed by atoms with Crippen molar-refractivity contribution in [3.8, 4) is 0 Å². The van der Waals surface area contributed by atoms with Gasteiger partial charge in [-0.2, -0.15) is 0 Å². The molecule has 1 aromatic heterocycles. The van der Waals surface area contributed by atoms with E-state index in [-0.39, 0.29) is 11.9 Å². The van der Waals surface area contributed by atoms with Crippen LogP contribution in [0.4, 0.5) is 5.69 Å². The maximum atomic E-state index is 12.8. The van der Waals surface area contributed by atoms with Gasteiger partial charge in [0.1, 0.15) is 0 Å². The van der Waals surface area contributed by atoms with Crippen LogP contribution in [0.3, 0.4) is 0 Å². The van der Waals surface area contributed by atoms with Crippen LogP contribution in [0.25, 0.3) is 0 Å². The summed E-state index contributed by atoms with van der Waals surface area (Å²) in [6, 6.07) is 11.3. The highest BCUT2D eigenvalue weighted by Gasteiger charge is 2.21. The van der Waals surface area contributed by atoms with E-state index in [9.17, 15) is 4.79 Å². The third-order valence-electron chi connectivity index (χ3n) is 3.50. The Kier molecular flexibility index (Phi) is 4.58. The van der Waals surface area contributed by atoms with Gasteiger partial charge in [-0.3, -0.25) is 9.78 Å². The minimum Gasteiger partial charge on any atom is -0.398 e. The molecule has 0 atom stereocenters. The molecule has 0 bridgehead atoms. The molecule has 0 unspecified atom stereocenters. The fraction of sp³-hybridized carbons (Fsp3) is 0.294. The molecular weight excluding hydrogens is 262 g/mol. The molecule has 21 heavy (non-hydrogen) atoms. The molecule has 4 nitrogen and oxygen atoms in total. The predicted molar refractivity (Wildman–Crippen MR) is 84.8 cm³/mol. The quantitative estimate of drug-likeness (QED) is 0.877. The molecule has 0 aliphatic rings. The average molecular weight is 283 g/mol. The normalized spacial score (nSPS) is 10.7. The number of nitrogens with two attached hydrogens (primary N) is 1. The third kappa shape index (κ3) is 3.40. The zero-order chi connectivity index (χ0) is 15.4. The number of carbonyl (C=O) groups excluding carboxylic acids is 1. The van der Waals surface area contributed by atoms with Gasteiger partial charge in [-0.25, -0.2) is 0 Å². The van der Waals surface area contributed by atoms with E-state index in [1.807, 2.05) is 51.1 Å². The Morgan fingerprint density at radius 3 is 2.62 bits per heavy atom. The fourth-order valence-electron chi connectivity index (χ4n) is 2.18. The molecule has 0 spiro atoms. The van der Waals surface area contributed by atoms with Gasteiger partial charge >= 0.3 is 0 Å². The summed E-state index contributed by atoms with van der Waals surface area (Å²) >= 11 is 0. The molecular formula is C17H21N3O. The molecule has 2 rings (SSSR count). The van der Waals surface area contributed by atoms with Crippen molar-refractivity contribution in [3.05, 3.63) is 59.4 Å². The number of nitrogen functional groups attached to an aromatic ring is 1. The Morgan fingerprint density at radius 1 is 1.24 bits per heavy atom. The second-order valence-electron chi connectivity index (χ2n) is 5.38. The number of rotatable bonds is 4. The Labute approximate surface area is 125 Å². The lowest BCUT2D eigenvalue weighted by atomic mass is 10.1. The highest BCUT2D eigenvalue weighted by atomic mass is 16.2. The fourth-order valence-corrected chi connectivity index (χ4v) is 2.18. The number of anilines is 1. The molecule has 1 aromatic carbocycles. The first-order valence-electron chi connectivity index (χ1n) is 7.06. The van der Waals surface area contributed by atoms with E-state index in [1.54, 1.807) is 17.2 Å². The molecule has 0 fully saturated rings. The Balaban J connectivity index is 2.30. The van der Waals surface area contributed by atoms with Gasteiger partial charge in [-0.15, -0.1) is 0 Å². The predicted octanol–water partition coefficient (Wildman–Crippen LogP) is 3.02. The third-order valence-corrected chi connectivity index (χ3v) is 3.50. The van der Waals surface area contributed by atoms with Gasteiger partial charge in [-0.1, -0.05) is 18.2 Å². The van der Waals surface area contributed by atoms with Crippen molar-refractivity contribution in [2.75, 3.05) is 5.73 Å². The van der Waals surface area contributed by atoms with Gasteiger partial charge in [0, 0.05) is 17.9 Å². The number of carbonyl (C=O) groups is 1. The number of hydrogen-bond donors (Lipinski definition) is 1. The largest absolute Gasteiger partial charge is 0.398 e. The van der Waals surface area contributed by atoms with Crippen LogP contribution in [0.1, 0.15) is 35.5 Å². The van der Waals surface area contributed by atoms with Crippen LogP contribution in [0.5, 0.6) is 0 Å². The standard InChI is InChI=1S/C17H21N3O/c1-12(2)20(11-14-8-4-5-10-19-14)17(21)15-9-6-7-13(3)16(15)18/h4-10,12H,11,18H2,1-3H3. The summed E-state index contributed by atoms with van der Waals surface area (Å²) in [4.78, 5) is 18.9. The zero-order valence-electron chi connectivity index (χ0n) is 12.7. The van der Waals surface area contributed by atoms with Crippen LogP contribution in [-0.2, 0) is 6.54 Å². The van der Waals surface area contributed by atoms with Gasteiger partial charge in [0.05, 0.1) is 17.8 Å². The monoisotopic (exact) mass is 283 g/mol. The van der Waals surface area contributed by atoms with Crippen LogP contribution in [0, 0.1) is 6.92 Å². The Bertz CT molecular complexity index is 623. The average Bonchev–Trinajstić information content (AvgIpc) is 2.48. The van der Waals surface area contributed by atoms with Gasteiger partial charge in [0.15, 0.2) is 0 Å². The van der Waals surface area contributed by atoms with E-state index in [1.165, 1.54) is 0 Å². The summed E-state index contributed by atoms with van der Waals surface area (Å²) < 4.78 is 0. The minimum atomic E-state index is -0.0585. The molecule has 0 radical (unpaired) electrons. The molecule has 1 heterocycles. The van der Waals surface area contributed by atoms with E-state index >= 15 is 0 Å².